The summed E-state index contributed by atoms with van der Waals surface area (Å²) in [5.74, 6) is -0.315. The lowest BCUT2D eigenvalue weighted by Gasteiger charge is -2.09. The Hall–Kier alpha value is -2.37. The second kappa shape index (κ2) is 5.51. The van der Waals surface area contributed by atoms with Gasteiger partial charge in [-0.05, 0) is 40.2 Å². The maximum Gasteiger partial charge on any atom is 0.148 e. The summed E-state index contributed by atoms with van der Waals surface area (Å²) in [6.45, 7) is 0. The van der Waals surface area contributed by atoms with Gasteiger partial charge in [0, 0.05) is 4.47 Å². The smallest absolute Gasteiger partial charge is 0.148 e. The normalized spacial score (nSPS) is 9.47. The molecule has 0 heterocycles. The van der Waals surface area contributed by atoms with Gasteiger partial charge in [0.05, 0.1) is 0 Å². The summed E-state index contributed by atoms with van der Waals surface area (Å²) in [5.41, 5.74) is 0.0991. The lowest BCUT2D eigenvalue weighted by atomic mass is 10.2. The quantitative estimate of drug-likeness (QED) is 0.837. The van der Waals surface area contributed by atoms with Crippen LogP contribution in [0, 0.1) is 28.5 Å². The molecule has 2 aromatic rings. The van der Waals surface area contributed by atoms with E-state index in [1.165, 1.54) is 18.2 Å². The van der Waals surface area contributed by atoms with Gasteiger partial charge in [0.15, 0.2) is 0 Å². The van der Waals surface area contributed by atoms with Crippen molar-refractivity contribution < 1.29 is 9.13 Å². The van der Waals surface area contributed by atoms with E-state index in [1.54, 1.807) is 24.3 Å². The molecule has 0 bridgehead atoms. The Balaban J connectivity index is 2.50. The van der Waals surface area contributed by atoms with Crippen LogP contribution in [0.3, 0.4) is 0 Å². The van der Waals surface area contributed by atoms with Gasteiger partial charge in [0.25, 0.3) is 0 Å². The molecule has 0 saturated heterocycles. The van der Waals surface area contributed by atoms with Crippen molar-refractivity contribution in [3.63, 3.8) is 0 Å². The topological polar surface area (TPSA) is 56.8 Å². The SMILES string of the molecule is N#Cc1c(F)cccc1Oc1cccc(Br)c1C#N. The predicted molar refractivity (Wildman–Crippen MR) is 70.0 cm³/mol. The molecule has 0 aromatic heterocycles. The van der Waals surface area contributed by atoms with E-state index in [-0.39, 0.29) is 22.6 Å². The number of rotatable bonds is 2. The lowest BCUT2D eigenvalue weighted by molar-refractivity contribution is 0.472. The molecule has 2 aromatic carbocycles. The van der Waals surface area contributed by atoms with Crippen LogP contribution >= 0.6 is 15.9 Å². The van der Waals surface area contributed by atoms with E-state index in [0.717, 1.165) is 0 Å². The highest BCUT2D eigenvalue weighted by Crippen LogP contribution is 2.32. The average molecular weight is 317 g/mol. The van der Waals surface area contributed by atoms with Crippen molar-refractivity contribution in [2.75, 3.05) is 0 Å². The predicted octanol–water partition coefficient (Wildman–Crippen LogP) is 4.12. The first-order valence-corrected chi connectivity index (χ1v) is 6.01. The molecule has 0 radical (unpaired) electrons. The highest BCUT2D eigenvalue weighted by Gasteiger charge is 2.13. The number of halogens is 2. The number of benzene rings is 2. The standard InChI is InChI=1S/C14H6BrFN2O/c15-11-3-1-5-13(9(11)7-17)19-14-6-2-4-12(16)10(14)8-18/h1-6H. The van der Waals surface area contributed by atoms with Crippen LogP contribution in [-0.4, -0.2) is 0 Å². The second-order valence-corrected chi connectivity index (χ2v) is 4.41. The van der Waals surface area contributed by atoms with E-state index in [4.69, 9.17) is 15.3 Å². The monoisotopic (exact) mass is 316 g/mol. The van der Waals surface area contributed by atoms with E-state index in [1.807, 2.05) is 6.07 Å². The Morgan fingerprint density at radius 2 is 1.53 bits per heavy atom. The zero-order valence-corrected chi connectivity index (χ0v) is 11.1. The molecule has 0 fully saturated rings. The molecule has 3 nitrogen and oxygen atoms in total. The molecule has 0 N–H and O–H groups in total. The van der Waals surface area contributed by atoms with Crippen LogP contribution in [0.25, 0.3) is 0 Å². The van der Waals surface area contributed by atoms with Crippen molar-refractivity contribution in [3.05, 3.63) is 57.8 Å². The summed E-state index contributed by atoms with van der Waals surface area (Å²) in [7, 11) is 0. The van der Waals surface area contributed by atoms with Crippen LogP contribution in [0.2, 0.25) is 0 Å². The first kappa shape index (κ1) is 13.1. The van der Waals surface area contributed by atoms with Gasteiger partial charge in [-0.15, -0.1) is 0 Å². The Labute approximate surface area is 117 Å². The van der Waals surface area contributed by atoms with E-state index in [9.17, 15) is 4.39 Å². The summed E-state index contributed by atoms with van der Waals surface area (Å²) in [6.07, 6.45) is 0. The fraction of sp³-hybridized carbons (Fsp3) is 0. The third-order valence-electron chi connectivity index (χ3n) is 2.39. The maximum absolute atomic E-state index is 13.4. The molecule has 2 rings (SSSR count). The van der Waals surface area contributed by atoms with Crippen LogP contribution in [0.5, 0.6) is 11.5 Å². The molecule has 0 amide bonds. The van der Waals surface area contributed by atoms with Gasteiger partial charge < -0.3 is 4.74 Å². The highest BCUT2D eigenvalue weighted by atomic mass is 79.9. The van der Waals surface area contributed by atoms with Gasteiger partial charge in [-0.3, -0.25) is 0 Å². The molecule has 0 aliphatic heterocycles. The van der Waals surface area contributed by atoms with Gasteiger partial charge >= 0.3 is 0 Å². The second-order valence-electron chi connectivity index (χ2n) is 3.55. The third kappa shape index (κ3) is 2.57. The largest absolute Gasteiger partial charge is 0.454 e. The summed E-state index contributed by atoms with van der Waals surface area (Å²) >= 11 is 3.23. The third-order valence-corrected chi connectivity index (χ3v) is 3.06. The van der Waals surface area contributed by atoms with Crippen molar-refractivity contribution in [2.24, 2.45) is 0 Å². The van der Waals surface area contributed by atoms with Crippen LogP contribution in [-0.2, 0) is 0 Å². The summed E-state index contributed by atoms with van der Waals surface area (Å²) in [6, 6.07) is 12.8. The molecule has 0 saturated carbocycles. The van der Waals surface area contributed by atoms with Crippen molar-refractivity contribution >= 4 is 15.9 Å². The molecule has 5 heteroatoms. The zero-order valence-electron chi connectivity index (χ0n) is 9.52. The number of hydrogen-bond acceptors (Lipinski definition) is 3. The van der Waals surface area contributed by atoms with Gasteiger partial charge in [-0.2, -0.15) is 10.5 Å². The first-order valence-electron chi connectivity index (χ1n) is 5.22. The van der Waals surface area contributed by atoms with Crippen molar-refractivity contribution in [1.82, 2.24) is 0 Å². The van der Waals surface area contributed by atoms with E-state index < -0.39 is 5.82 Å². The minimum Gasteiger partial charge on any atom is -0.454 e. The molecule has 0 atom stereocenters. The molecule has 0 unspecified atom stereocenters. The first-order chi connectivity index (χ1) is 9.17. The van der Waals surface area contributed by atoms with Crippen molar-refractivity contribution in [3.8, 4) is 23.6 Å². The van der Waals surface area contributed by atoms with Crippen LogP contribution in [0.4, 0.5) is 4.39 Å². The van der Waals surface area contributed by atoms with E-state index in [2.05, 4.69) is 15.9 Å². The van der Waals surface area contributed by atoms with Crippen LogP contribution < -0.4 is 4.74 Å². The van der Waals surface area contributed by atoms with Crippen LogP contribution in [0.15, 0.2) is 40.9 Å². The molecule has 19 heavy (non-hydrogen) atoms. The number of hydrogen-bond donors (Lipinski definition) is 0. The Morgan fingerprint density at radius 1 is 0.947 bits per heavy atom. The van der Waals surface area contributed by atoms with Crippen molar-refractivity contribution in [1.29, 1.82) is 10.5 Å². The Morgan fingerprint density at radius 3 is 2.16 bits per heavy atom. The molecular weight excluding hydrogens is 311 g/mol. The maximum atomic E-state index is 13.4. The average Bonchev–Trinajstić information content (AvgIpc) is 2.39. The molecule has 92 valence electrons. The summed E-state index contributed by atoms with van der Waals surface area (Å²) < 4.78 is 19.5. The fourth-order valence-corrected chi connectivity index (χ4v) is 1.95. The Bertz CT molecular complexity index is 655. The van der Waals surface area contributed by atoms with Gasteiger partial charge in [0.1, 0.15) is 40.6 Å². The van der Waals surface area contributed by atoms with E-state index >= 15 is 0 Å². The van der Waals surface area contributed by atoms with Gasteiger partial charge in [-0.25, -0.2) is 4.39 Å². The molecule has 0 aliphatic rings. The number of nitriles is 2. The molecular formula is C14H6BrFN2O. The summed E-state index contributed by atoms with van der Waals surface area (Å²) in [4.78, 5) is 0. The summed E-state index contributed by atoms with van der Waals surface area (Å²) in [5, 5.41) is 18.0. The zero-order chi connectivity index (χ0) is 13.8. The highest BCUT2D eigenvalue weighted by molar-refractivity contribution is 9.10. The number of ether oxygens (including phenoxy) is 1. The number of nitrogens with zero attached hydrogens (tertiary/aromatic N) is 2. The minimum absolute atomic E-state index is 0.0806. The fourth-order valence-electron chi connectivity index (χ4n) is 1.51. The van der Waals surface area contributed by atoms with Crippen molar-refractivity contribution in [2.45, 2.75) is 0 Å². The van der Waals surface area contributed by atoms with Gasteiger partial charge in [0.2, 0.25) is 0 Å². The molecule has 0 spiro atoms. The van der Waals surface area contributed by atoms with Gasteiger partial charge in [-0.1, -0.05) is 12.1 Å². The lowest BCUT2D eigenvalue weighted by Crippen LogP contribution is -1.94. The molecule has 0 aliphatic carbocycles. The van der Waals surface area contributed by atoms with Crippen LogP contribution in [0.1, 0.15) is 11.1 Å². The Kier molecular flexibility index (Phi) is 3.79. The minimum atomic E-state index is -0.659. The van der Waals surface area contributed by atoms with E-state index in [0.29, 0.717) is 4.47 Å².